The third-order valence-electron chi connectivity index (χ3n) is 3.53. The zero-order chi connectivity index (χ0) is 19.6. The molecule has 2 rings (SSSR count). The van der Waals surface area contributed by atoms with Crippen LogP contribution < -0.4 is 4.90 Å². The zero-order valence-corrected chi connectivity index (χ0v) is 16.8. The molecule has 0 N–H and O–H groups in total. The molecule has 1 amide bonds. The summed E-state index contributed by atoms with van der Waals surface area (Å²) >= 11 is 0. The van der Waals surface area contributed by atoms with Crippen molar-refractivity contribution in [1.82, 2.24) is 4.90 Å². The minimum Gasteiger partial charge on any atom is -0.368 e. The molecule has 1 aromatic carbocycles. The summed E-state index contributed by atoms with van der Waals surface area (Å²) in [5.41, 5.74) is 0.510. The van der Waals surface area contributed by atoms with E-state index in [9.17, 15) is 13.6 Å². The molecule has 3 nitrogen and oxygen atoms in total. The summed E-state index contributed by atoms with van der Waals surface area (Å²) in [4.78, 5) is 15.9. The van der Waals surface area contributed by atoms with Crippen LogP contribution in [0.4, 0.5) is 14.5 Å². The predicted octanol–water partition coefficient (Wildman–Crippen LogP) is 5.10. The van der Waals surface area contributed by atoms with Gasteiger partial charge in [0.2, 0.25) is 5.91 Å². The lowest BCUT2D eigenvalue weighted by Gasteiger charge is -2.37. The summed E-state index contributed by atoms with van der Waals surface area (Å²) < 4.78 is 26.5. The lowest BCUT2D eigenvalue weighted by molar-refractivity contribution is -0.133. The SMILES string of the molecule is CC.CC.CC(C)(C)CC(=O)N1CCN(c2cc(F)cc(F)c2)CC1. The molecule has 1 fully saturated rings. The number of amides is 1. The molecule has 1 aliphatic rings. The summed E-state index contributed by atoms with van der Waals surface area (Å²) in [6, 6.07) is 3.53. The van der Waals surface area contributed by atoms with Crippen LogP contribution in [0, 0.1) is 17.0 Å². The van der Waals surface area contributed by atoms with Gasteiger partial charge in [-0.05, 0) is 17.5 Å². The van der Waals surface area contributed by atoms with Crippen LogP contribution in [0.1, 0.15) is 54.9 Å². The van der Waals surface area contributed by atoms with Crippen LogP contribution in [-0.2, 0) is 4.79 Å². The first-order valence-electron chi connectivity index (χ1n) is 9.23. The van der Waals surface area contributed by atoms with Gasteiger partial charge in [0, 0.05) is 44.4 Å². The first-order chi connectivity index (χ1) is 11.7. The van der Waals surface area contributed by atoms with Gasteiger partial charge in [-0.25, -0.2) is 8.78 Å². The fourth-order valence-corrected chi connectivity index (χ4v) is 2.50. The summed E-state index contributed by atoms with van der Waals surface area (Å²) in [5, 5.41) is 0. The average molecular weight is 357 g/mol. The van der Waals surface area contributed by atoms with Crippen molar-refractivity contribution in [3.63, 3.8) is 0 Å². The number of anilines is 1. The maximum absolute atomic E-state index is 13.2. The first-order valence-corrected chi connectivity index (χ1v) is 9.23. The lowest BCUT2D eigenvalue weighted by Crippen LogP contribution is -2.49. The van der Waals surface area contributed by atoms with Crippen molar-refractivity contribution in [2.45, 2.75) is 54.9 Å². The highest BCUT2D eigenvalue weighted by Gasteiger charge is 2.25. The van der Waals surface area contributed by atoms with Gasteiger partial charge in [-0.1, -0.05) is 48.5 Å². The highest BCUT2D eigenvalue weighted by Crippen LogP contribution is 2.22. The molecule has 1 heterocycles. The van der Waals surface area contributed by atoms with Crippen molar-refractivity contribution in [2.24, 2.45) is 5.41 Å². The Morgan fingerprint density at radius 3 is 1.76 bits per heavy atom. The normalized spacial score (nSPS) is 14.1. The Balaban J connectivity index is 0.00000134. The molecular weight excluding hydrogens is 322 g/mol. The maximum atomic E-state index is 13.2. The molecule has 5 heteroatoms. The van der Waals surface area contributed by atoms with Crippen molar-refractivity contribution in [3.8, 4) is 0 Å². The average Bonchev–Trinajstić information content (AvgIpc) is 2.56. The molecule has 0 aliphatic carbocycles. The largest absolute Gasteiger partial charge is 0.368 e. The number of piperazine rings is 1. The van der Waals surface area contributed by atoms with Crippen molar-refractivity contribution in [1.29, 1.82) is 0 Å². The standard InChI is InChI=1S/C16H22F2N2O.2C2H6/c1-16(2,3)11-15(21)20-6-4-19(5-7-20)14-9-12(17)8-13(18)10-14;2*1-2/h8-10H,4-7,11H2,1-3H3;2*1-2H3. The van der Waals surface area contributed by atoms with Gasteiger partial charge >= 0.3 is 0 Å². The van der Waals surface area contributed by atoms with Gasteiger partial charge in [-0.3, -0.25) is 4.79 Å². The number of carbonyl (C=O) groups is 1. The number of benzene rings is 1. The molecule has 0 saturated carbocycles. The van der Waals surface area contributed by atoms with E-state index in [1.807, 2.05) is 58.3 Å². The maximum Gasteiger partial charge on any atom is 0.223 e. The van der Waals surface area contributed by atoms with E-state index in [0.29, 0.717) is 38.3 Å². The molecule has 0 atom stereocenters. The molecule has 1 saturated heterocycles. The fourth-order valence-electron chi connectivity index (χ4n) is 2.50. The second-order valence-corrected chi connectivity index (χ2v) is 6.73. The molecule has 25 heavy (non-hydrogen) atoms. The number of hydrogen-bond donors (Lipinski definition) is 0. The van der Waals surface area contributed by atoms with Crippen LogP contribution in [0.3, 0.4) is 0 Å². The predicted molar refractivity (Wildman–Crippen MR) is 102 cm³/mol. The highest BCUT2D eigenvalue weighted by molar-refractivity contribution is 5.77. The van der Waals surface area contributed by atoms with Crippen LogP contribution in [0.15, 0.2) is 18.2 Å². The van der Waals surface area contributed by atoms with Crippen molar-refractivity contribution in [2.75, 3.05) is 31.1 Å². The Labute approximate surface area is 152 Å². The molecule has 144 valence electrons. The van der Waals surface area contributed by atoms with Gasteiger partial charge < -0.3 is 9.80 Å². The second kappa shape index (κ2) is 11.1. The van der Waals surface area contributed by atoms with Crippen molar-refractivity contribution in [3.05, 3.63) is 29.8 Å². The molecule has 0 radical (unpaired) electrons. The summed E-state index contributed by atoms with van der Waals surface area (Å²) in [6.45, 7) is 16.5. The number of hydrogen-bond acceptors (Lipinski definition) is 2. The summed E-state index contributed by atoms with van der Waals surface area (Å²) in [5.74, 6) is -1.000. The van der Waals surface area contributed by atoms with Gasteiger partial charge in [-0.15, -0.1) is 0 Å². The minimum atomic E-state index is -0.573. The molecule has 1 aromatic rings. The van der Waals surface area contributed by atoms with Gasteiger partial charge in [0.25, 0.3) is 0 Å². The first kappa shape index (κ1) is 23.4. The fraction of sp³-hybridized carbons (Fsp3) is 0.650. The van der Waals surface area contributed by atoms with E-state index < -0.39 is 11.6 Å². The smallest absolute Gasteiger partial charge is 0.223 e. The number of carbonyl (C=O) groups excluding carboxylic acids is 1. The van der Waals surface area contributed by atoms with E-state index in [1.165, 1.54) is 12.1 Å². The van der Waals surface area contributed by atoms with E-state index in [-0.39, 0.29) is 11.3 Å². The molecule has 0 aromatic heterocycles. The van der Waals surface area contributed by atoms with E-state index in [4.69, 9.17) is 0 Å². The summed E-state index contributed by atoms with van der Waals surface area (Å²) in [6.07, 6.45) is 0.515. The van der Waals surface area contributed by atoms with Crippen LogP contribution >= 0.6 is 0 Å². The van der Waals surface area contributed by atoms with Crippen LogP contribution in [0.5, 0.6) is 0 Å². The van der Waals surface area contributed by atoms with Crippen molar-refractivity contribution < 1.29 is 13.6 Å². The highest BCUT2D eigenvalue weighted by atomic mass is 19.1. The third kappa shape index (κ3) is 8.32. The number of halogens is 2. The zero-order valence-electron chi connectivity index (χ0n) is 16.8. The Morgan fingerprint density at radius 2 is 1.36 bits per heavy atom. The second-order valence-electron chi connectivity index (χ2n) is 6.73. The van der Waals surface area contributed by atoms with E-state index in [0.717, 1.165) is 6.07 Å². The Bertz CT molecular complexity index is 499. The van der Waals surface area contributed by atoms with Gasteiger partial charge in [0.1, 0.15) is 11.6 Å². The minimum absolute atomic E-state index is 0.0279. The lowest BCUT2D eigenvalue weighted by atomic mass is 9.91. The molecule has 0 unspecified atom stereocenters. The Kier molecular flexibility index (Phi) is 10.3. The molecule has 1 aliphatic heterocycles. The molecular formula is C20H34F2N2O. The Morgan fingerprint density at radius 1 is 0.920 bits per heavy atom. The third-order valence-corrected chi connectivity index (χ3v) is 3.53. The van der Waals surface area contributed by atoms with Crippen LogP contribution in [0.25, 0.3) is 0 Å². The molecule has 0 bridgehead atoms. The Hall–Kier alpha value is -1.65. The van der Waals surface area contributed by atoms with Crippen LogP contribution in [0.2, 0.25) is 0 Å². The van der Waals surface area contributed by atoms with Gasteiger partial charge in [-0.2, -0.15) is 0 Å². The van der Waals surface area contributed by atoms with Crippen LogP contribution in [-0.4, -0.2) is 37.0 Å². The van der Waals surface area contributed by atoms with E-state index >= 15 is 0 Å². The summed E-state index contributed by atoms with van der Waals surface area (Å²) in [7, 11) is 0. The van der Waals surface area contributed by atoms with Crippen molar-refractivity contribution >= 4 is 11.6 Å². The quantitative estimate of drug-likeness (QED) is 0.736. The molecule has 0 spiro atoms. The van der Waals surface area contributed by atoms with E-state index in [2.05, 4.69) is 0 Å². The van der Waals surface area contributed by atoms with Gasteiger partial charge in [0.15, 0.2) is 0 Å². The number of nitrogens with zero attached hydrogens (tertiary/aromatic N) is 2. The number of rotatable bonds is 2. The monoisotopic (exact) mass is 356 g/mol. The van der Waals surface area contributed by atoms with Gasteiger partial charge in [0.05, 0.1) is 0 Å². The van der Waals surface area contributed by atoms with E-state index in [1.54, 1.807) is 0 Å². The topological polar surface area (TPSA) is 23.6 Å².